The number of unbranched alkanes of at least 4 members (excludes halogenated alkanes) is 36. The van der Waals surface area contributed by atoms with Gasteiger partial charge in [-0.05, 0) is 19.3 Å². The van der Waals surface area contributed by atoms with Crippen molar-refractivity contribution in [3.05, 3.63) is 0 Å². The predicted molar refractivity (Wildman–Crippen MR) is 267 cm³/mol. The minimum atomic E-state index is -0.882. The maximum absolute atomic E-state index is 13.4. The van der Waals surface area contributed by atoms with Crippen molar-refractivity contribution in [3.8, 4) is 0 Å². The molecule has 0 aliphatic rings. The summed E-state index contributed by atoms with van der Waals surface area (Å²) in [5.41, 5.74) is 0. The molecule has 8 heteroatoms. The fourth-order valence-corrected chi connectivity index (χ4v) is 8.67. The van der Waals surface area contributed by atoms with E-state index in [2.05, 4.69) is 38.7 Å². The van der Waals surface area contributed by atoms with Gasteiger partial charge in [-0.25, -0.2) is 0 Å². The first-order valence-electron chi connectivity index (χ1n) is 27.2. The summed E-state index contributed by atoms with van der Waals surface area (Å²) in [5.74, 6) is -0.949. The molecule has 1 amide bonds. The van der Waals surface area contributed by atoms with Gasteiger partial charge in [0.2, 0.25) is 5.91 Å². The van der Waals surface area contributed by atoms with E-state index in [4.69, 9.17) is 9.47 Å². The normalized spacial score (nSPS) is 12.3. The van der Waals surface area contributed by atoms with E-state index < -0.39 is 12.1 Å². The van der Waals surface area contributed by atoms with Crippen LogP contribution in [0.15, 0.2) is 0 Å². The van der Waals surface area contributed by atoms with Crippen LogP contribution in [0.1, 0.15) is 297 Å². The number of thiol groups is 1. The highest BCUT2D eigenvalue weighted by Gasteiger charge is 2.26. The number of rotatable bonds is 50. The number of nitrogens with one attached hydrogen (secondary N) is 1. The zero-order valence-electron chi connectivity index (χ0n) is 41.4. The van der Waals surface area contributed by atoms with Crippen molar-refractivity contribution in [3.63, 3.8) is 0 Å². The van der Waals surface area contributed by atoms with Crippen molar-refractivity contribution < 1.29 is 28.7 Å². The van der Waals surface area contributed by atoms with Crippen LogP contribution in [-0.4, -0.2) is 48.1 Å². The summed E-state index contributed by atoms with van der Waals surface area (Å²) in [7, 11) is 0. The van der Waals surface area contributed by atoms with E-state index in [1.165, 1.54) is 193 Å². The second kappa shape index (κ2) is 48.9. The van der Waals surface area contributed by atoms with Crippen molar-refractivity contribution in [2.75, 3.05) is 12.4 Å². The van der Waals surface area contributed by atoms with Gasteiger partial charge < -0.3 is 14.8 Å². The third-order valence-corrected chi connectivity index (χ3v) is 12.9. The second-order valence-electron chi connectivity index (χ2n) is 18.7. The monoisotopic (exact) mass is 894 g/mol. The molecule has 0 saturated carbocycles. The average Bonchev–Trinajstić information content (AvgIpc) is 3.26. The third kappa shape index (κ3) is 43.7. The quantitative estimate of drug-likeness (QED) is 0.0359. The smallest absolute Gasteiger partial charge is 0.306 e. The van der Waals surface area contributed by atoms with Crippen LogP contribution < -0.4 is 5.32 Å². The molecular weight excluding hydrogens is 791 g/mol. The molecular formula is C54H103NO6S. The minimum absolute atomic E-state index is 0.124. The molecule has 0 rings (SSSR count). The first kappa shape index (κ1) is 60.4. The Hall–Kier alpha value is -1.57. The maximum atomic E-state index is 13.4. The van der Waals surface area contributed by atoms with E-state index in [-0.39, 0.29) is 48.8 Å². The maximum Gasteiger partial charge on any atom is 0.306 e. The van der Waals surface area contributed by atoms with Crippen LogP contribution in [0.25, 0.3) is 0 Å². The number of hydrogen-bond acceptors (Lipinski definition) is 7. The van der Waals surface area contributed by atoms with E-state index in [1.54, 1.807) is 0 Å². The van der Waals surface area contributed by atoms with Gasteiger partial charge in [0.25, 0.3) is 0 Å². The summed E-state index contributed by atoms with van der Waals surface area (Å²) in [6.45, 7) is 6.62. The molecule has 0 aliphatic carbocycles. The fraction of sp³-hybridized carbons (Fsp3) is 0.926. The number of carbonyl (C=O) groups is 4. The van der Waals surface area contributed by atoms with E-state index in [0.717, 1.165) is 57.8 Å². The predicted octanol–water partition coefficient (Wildman–Crippen LogP) is 16.3. The molecule has 0 aliphatic heterocycles. The fourth-order valence-electron chi connectivity index (χ4n) is 8.38. The lowest BCUT2D eigenvalue weighted by atomic mass is 10.0. The molecule has 7 nitrogen and oxygen atoms in total. The van der Waals surface area contributed by atoms with Crippen LogP contribution in [0.2, 0.25) is 0 Å². The Kier molecular flexibility index (Phi) is 47.6. The second-order valence-corrected chi connectivity index (χ2v) is 19.1. The highest BCUT2D eigenvalue weighted by Crippen LogP contribution is 2.17. The third-order valence-electron chi connectivity index (χ3n) is 12.5. The molecule has 0 fully saturated rings. The number of carbonyl (C=O) groups excluding carboxylic acids is 4. The van der Waals surface area contributed by atoms with Crippen LogP contribution in [0.3, 0.4) is 0 Å². The summed E-state index contributed by atoms with van der Waals surface area (Å²) in [4.78, 5) is 51.9. The van der Waals surface area contributed by atoms with E-state index >= 15 is 0 Å². The number of esters is 2. The van der Waals surface area contributed by atoms with Gasteiger partial charge in [0.1, 0.15) is 12.7 Å². The average molecular weight is 894 g/mol. The molecule has 0 aromatic heterocycles. The lowest BCUT2D eigenvalue weighted by molar-refractivity contribution is -0.160. The molecule has 0 unspecified atom stereocenters. The van der Waals surface area contributed by atoms with Crippen molar-refractivity contribution >= 4 is 36.3 Å². The van der Waals surface area contributed by atoms with Gasteiger partial charge >= 0.3 is 11.9 Å². The number of ether oxygens (including phenoxy) is 2. The molecule has 1 N–H and O–H groups in total. The van der Waals surface area contributed by atoms with E-state index in [9.17, 15) is 19.2 Å². The first-order chi connectivity index (χ1) is 30.4. The minimum Gasteiger partial charge on any atom is -0.462 e. The van der Waals surface area contributed by atoms with Gasteiger partial charge in [-0.3, -0.25) is 19.2 Å². The summed E-state index contributed by atoms with van der Waals surface area (Å²) in [5, 5.41) is 2.87. The molecule has 0 radical (unpaired) electrons. The van der Waals surface area contributed by atoms with Crippen molar-refractivity contribution in [2.45, 2.75) is 309 Å². The van der Waals surface area contributed by atoms with Crippen molar-refractivity contribution in [1.82, 2.24) is 5.32 Å². The van der Waals surface area contributed by atoms with E-state index in [0.29, 0.717) is 12.8 Å². The van der Waals surface area contributed by atoms with Crippen LogP contribution in [0.4, 0.5) is 0 Å². The number of ketones is 1. The number of hydrogen-bond donors (Lipinski definition) is 2. The zero-order valence-corrected chi connectivity index (χ0v) is 42.3. The standard InChI is InChI=1S/C54H103NO6S/c1-4-7-10-13-16-19-22-25-28-31-34-37-40-43-52(57)55-50(48-62)51(56)46-49(61-54(59)45-42-39-36-33-30-27-24-21-18-15-12-9-6-3)47-60-53(58)44-41-38-35-32-29-26-23-20-17-14-11-8-5-2/h49-50,62H,4-48H2,1-3H3,(H,55,57)/t49-,50+/m1/s1. The van der Waals surface area contributed by atoms with E-state index in [1.807, 2.05) is 0 Å². The van der Waals surface area contributed by atoms with Crippen LogP contribution in [0.5, 0.6) is 0 Å². The first-order valence-corrected chi connectivity index (χ1v) is 27.8. The SMILES string of the molecule is CCCCCCCCCCCCCCCC(=O)N[C@@H](CS)C(=O)C[C@H](COC(=O)CCCCCCCCCCCCCCC)OC(=O)CCCCCCCCCCCCCCC. The molecule has 0 spiro atoms. The van der Waals surface area contributed by atoms with Crippen molar-refractivity contribution in [2.24, 2.45) is 0 Å². The summed E-state index contributed by atoms with van der Waals surface area (Å²) in [6, 6.07) is -0.781. The highest BCUT2D eigenvalue weighted by atomic mass is 32.1. The summed E-state index contributed by atoms with van der Waals surface area (Å²) >= 11 is 4.38. The largest absolute Gasteiger partial charge is 0.462 e. The molecule has 2 atom stereocenters. The highest BCUT2D eigenvalue weighted by molar-refractivity contribution is 7.80. The zero-order chi connectivity index (χ0) is 45.4. The Bertz CT molecular complexity index is 1010. The molecule has 0 heterocycles. The van der Waals surface area contributed by atoms with Gasteiger partial charge in [0.15, 0.2) is 5.78 Å². The van der Waals surface area contributed by atoms with Gasteiger partial charge in [-0.1, -0.05) is 252 Å². The summed E-state index contributed by atoms with van der Waals surface area (Å²) < 4.78 is 11.4. The lowest BCUT2D eigenvalue weighted by Crippen LogP contribution is -2.44. The van der Waals surface area contributed by atoms with Crippen LogP contribution >= 0.6 is 12.6 Å². The number of amides is 1. The van der Waals surface area contributed by atoms with Crippen molar-refractivity contribution in [1.29, 1.82) is 0 Å². The molecule has 0 bridgehead atoms. The Morgan fingerprint density at radius 1 is 0.403 bits per heavy atom. The summed E-state index contributed by atoms with van der Waals surface area (Å²) in [6.07, 6.45) is 48.1. The molecule has 366 valence electrons. The lowest BCUT2D eigenvalue weighted by Gasteiger charge is -2.21. The Balaban J connectivity index is 4.64. The molecule has 0 saturated heterocycles. The Morgan fingerprint density at radius 2 is 0.694 bits per heavy atom. The van der Waals surface area contributed by atoms with Gasteiger partial charge in [0, 0.05) is 31.4 Å². The Morgan fingerprint density at radius 3 is 1.02 bits per heavy atom. The van der Waals surface area contributed by atoms with Crippen LogP contribution in [0, 0.1) is 0 Å². The van der Waals surface area contributed by atoms with Crippen LogP contribution in [-0.2, 0) is 28.7 Å². The molecule has 0 aromatic carbocycles. The molecule has 0 aromatic rings. The van der Waals surface area contributed by atoms with Gasteiger partial charge in [0.05, 0.1) is 6.04 Å². The topological polar surface area (TPSA) is 98.8 Å². The van der Waals surface area contributed by atoms with Gasteiger partial charge in [-0.2, -0.15) is 12.6 Å². The van der Waals surface area contributed by atoms with Gasteiger partial charge in [-0.15, -0.1) is 0 Å². The number of Topliss-reactive ketones (excluding diaryl/α,β-unsaturated/α-hetero) is 1. The Labute approximate surface area is 390 Å². The molecule has 62 heavy (non-hydrogen) atoms.